The van der Waals surface area contributed by atoms with E-state index >= 15 is 0 Å². The van der Waals surface area contributed by atoms with Crippen molar-refractivity contribution in [3.8, 4) is 0 Å². The zero-order valence-electron chi connectivity index (χ0n) is 14.6. The monoisotopic (exact) mass is 436 g/mol. The molecule has 0 bridgehead atoms. The van der Waals surface area contributed by atoms with E-state index in [0.717, 1.165) is 22.0 Å². The smallest absolute Gasteiger partial charge is 0.293 e. The molecule has 0 saturated carbocycles. The van der Waals surface area contributed by atoms with Gasteiger partial charge in [-0.15, -0.1) is 0 Å². The molecule has 1 aliphatic rings. The summed E-state index contributed by atoms with van der Waals surface area (Å²) in [7, 11) is -1.83. The summed E-state index contributed by atoms with van der Waals surface area (Å²) in [6.07, 6.45) is 2.77. The van der Waals surface area contributed by atoms with E-state index < -0.39 is 8.32 Å². The predicted molar refractivity (Wildman–Crippen MR) is 103 cm³/mol. The Balaban J connectivity index is 3.01. The average Bonchev–Trinajstić information content (AvgIpc) is 2.39. The van der Waals surface area contributed by atoms with E-state index in [1.54, 1.807) is 0 Å². The molecular formula is C17H29IO3Si. The molecule has 0 aromatic carbocycles. The lowest BCUT2D eigenvalue weighted by Crippen LogP contribution is -2.46. The van der Waals surface area contributed by atoms with Gasteiger partial charge in [-0.25, -0.2) is 0 Å². The van der Waals surface area contributed by atoms with Crippen molar-refractivity contribution in [1.29, 1.82) is 0 Å². The molecule has 3 atom stereocenters. The van der Waals surface area contributed by atoms with Crippen molar-refractivity contribution in [3.63, 3.8) is 0 Å². The molecule has 0 saturated heterocycles. The van der Waals surface area contributed by atoms with E-state index in [-0.39, 0.29) is 23.2 Å². The van der Waals surface area contributed by atoms with Crippen LogP contribution in [0.15, 0.2) is 23.8 Å². The molecule has 0 unspecified atom stereocenters. The number of hydrogen-bond acceptors (Lipinski definition) is 3. The highest BCUT2D eigenvalue weighted by atomic mass is 127. The first-order valence-electron chi connectivity index (χ1n) is 7.72. The first-order chi connectivity index (χ1) is 10.0. The minimum Gasteiger partial charge on any atom is -0.460 e. The van der Waals surface area contributed by atoms with Gasteiger partial charge < -0.3 is 9.16 Å². The third-order valence-electron chi connectivity index (χ3n) is 4.95. The molecule has 22 heavy (non-hydrogen) atoms. The molecule has 0 spiro atoms. The fourth-order valence-electron chi connectivity index (χ4n) is 2.40. The minimum atomic E-state index is -1.83. The molecule has 0 amide bonds. The van der Waals surface area contributed by atoms with Crippen LogP contribution >= 0.6 is 22.6 Å². The summed E-state index contributed by atoms with van der Waals surface area (Å²) in [4.78, 5) is 10.8. The van der Waals surface area contributed by atoms with Crippen molar-refractivity contribution in [3.05, 3.63) is 23.8 Å². The molecule has 0 aromatic rings. The second-order valence-corrected chi connectivity index (χ2v) is 13.1. The van der Waals surface area contributed by atoms with Gasteiger partial charge in [0.2, 0.25) is 0 Å². The Kier molecular flexibility index (Phi) is 6.89. The molecule has 5 heteroatoms. The van der Waals surface area contributed by atoms with Crippen LogP contribution in [-0.4, -0.2) is 31.4 Å². The second kappa shape index (κ2) is 7.62. The fourth-order valence-corrected chi connectivity index (χ4v) is 4.32. The normalized spacial score (nSPS) is 26.3. The van der Waals surface area contributed by atoms with Crippen LogP contribution in [-0.2, 0) is 14.0 Å². The Morgan fingerprint density at radius 2 is 2.09 bits per heavy atom. The van der Waals surface area contributed by atoms with Crippen molar-refractivity contribution >= 4 is 37.4 Å². The molecule has 0 N–H and O–H groups in total. The van der Waals surface area contributed by atoms with E-state index in [1.165, 1.54) is 0 Å². The summed E-state index contributed by atoms with van der Waals surface area (Å²) in [5.41, 5.74) is 2.27. The van der Waals surface area contributed by atoms with Gasteiger partial charge in [-0.2, -0.15) is 0 Å². The Labute approximate surface area is 149 Å². The summed E-state index contributed by atoms with van der Waals surface area (Å²) >= 11 is 2.31. The predicted octanol–water partition coefficient (Wildman–Crippen LogP) is 4.88. The fraction of sp³-hybridized carbons (Fsp3) is 0.706. The first-order valence-corrected chi connectivity index (χ1v) is 12.2. The number of alkyl halides is 1. The molecule has 0 aliphatic heterocycles. The van der Waals surface area contributed by atoms with Crippen LogP contribution in [0.1, 0.15) is 34.1 Å². The van der Waals surface area contributed by atoms with Crippen molar-refractivity contribution in [1.82, 2.24) is 0 Å². The van der Waals surface area contributed by atoms with Crippen LogP contribution in [0.3, 0.4) is 0 Å². The Bertz CT molecular complexity index is 451. The van der Waals surface area contributed by atoms with Crippen LogP contribution < -0.4 is 0 Å². The van der Waals surface area contributed by atoms with E-state index in [1.807, 2.05) is 6.08 Å². The van der Waals surface area contributed by atoms with Crippen molar-refractivity contribution < 1.29 is 14.0 Å². The molecule has 0 radical (unpaired) electrons. The molecular weight excluding hydrogens is 407 g/mol. The zero-order chi connectivity index (χ0) is 17.1. The highest BCUT2D eigenvalue weighted by Crippen LogP contribution is 2.41. The lowest BCUT2D eigenvalue weighted by atomic mass is 9.82. The molecule has 0 heterocycles. The molecule has 126 valence electrons. The summed E-state index contributed by atoms with van der Waals surface area (Å²) < 4.78 is 12.7. The Hall–Kier alpha value is -0.143. The van der Waals surface area contributed by atoms with Crippen molar-refractivity contribution in [2.24, 2.45) is 5.92 Å². The lowest BCUT2D eigenvalue weighted by Gasteiger charge is -2.42. The largest absolute Gasteiger partial charge is 0.460 e. The van der Waals surface area contributed by atoms with E-state index in [4.69, 9.17) is 9.16 Å². The molecule has 3 nitrogen and oxygen atoms in total. The van der Waals surface area contributed by atoms with Crippen molar-refractivity contribution in [2.45, 2.75) is 64.5 Å². The first kappa shape index (κ1) is 19.9. The van der Waals surface area contributed by atoms with Crippen LogP contribution in [0, 0.1) is 5.92 Å². The van der Waals surface area contributed by atoms with Crippen LogP contribution in [0.5, 0.6) is 0 Å². The summed E-state index contributed by atoms with van der Waals surface area (Å²) in [5.74, 6) is 0.139. The molecule has 0 fully saturated rings. The zero-order valence-corrected chi connectivity index (χ0v) is 17.8. The number of rotatable bonds is 6. The van der Waals surface area contributed by atoms with Crippen LogP contribution in [0.4, 0.5) is 0 Å². The van der Waals surface area contributed by atoms with Gasteiger partial charge in [0.15, 0.2) is 8.32 Å². The van der Waals surface area contributed by atoms with Gasteiger partial charge in [0.1, 0.15) is 6.10 Å². The standard InChI is InChI=1S/C17H29IO3Si/c1-12-8-16(20-11-19)14(13(2)10-18)9-15(12)21-22(6,7)17(3,4)5/h8,11,14-16H,2,9-10H2,1,3-7H3/t14-,15-,16-/m1/s1. The third kappa shape index (κ3) is 4.68. The van der Waals surface area contributed by atoms with E-state index in [2.05, 4.69) is 70.0 Å². The average molecular weight is 436 g/mol. The quantitative estimate of drug-likeness (QED) is 0.196. The molecule has 1 rings (SSSR count). The van der Waals surface area contributed by atoms with Crippen molar-refractivity contribution in [2.75, 3.05) is 4.43 Å². The van der Waals surface area contributed by atoms with Crippen LogP contribution in [0.2, 0.25) is 18.1 Å². The maximum atomic E-state index is 10.8. The number of carbonyl (C=O) groups excluding carboxylic acids is 1. The Morgan fingerprint density at radius 3 is 2.55 bits per heavy atom. The second-order valence-electron chi connectivity index (χ2n) is 7.61. The summed E-state index contributed by atoms with van der Waals surface area (Å²) in [6.45, 7) is 18.1. The van der Waals surface area contributed by atoms with Gasteiger partial charge in [-0.05, 0) is 43.1 Å². The minimum absolute atomic E-state index is 0.0945. The highest BCUT2D eigenvalue weighted by molar-refractivity contribution is 14.1. The number of carbonyl (C=O) groups is 1. The number of halogens is 1. The SMILES string of the molecule is C=C(CI)[C@H]1C[C@@H](O[Si](C)(C)C(C)(C)C)C(C)=C[C@H]1OC=O. The van der Waals surface area contributed by atoms with E-state index in [0.29, 0.717) is 6.47 Å². The summed E-state index contributed by atoms with van der Waals surface area (Å²) in [5, 5.41) is 0.180. The number of ether oxygens (including phenoxy) is 1. The van der Waals surface area contributed by atoms with E-state index in [9.17, 15) is 4.79 Å². The molecule has 1 aliphatic carbocycles. The van der Waals surface area contributed by atoms with Crippen LogP contribution in [0.25, 0.3) is 0 Å². The van der Waals surface area contributed by atoms with Gasteiger partial charge in [0.25, 0.3) is 6.47 Å². The van der Waals surface area contributed by atoms with Gasteiger partial charge in [-0.3, -0.25) is 4.79 Å². The lowest BCUT2D eigenvalue weighted by molar-refractivity contribution is -0.133. The highest BCUT2D eigenvalue weighted by Gasteiger charge is 2.42. The maximum absolute atomic E-state index is 10.8. The van der Waals surface area contributed by atoms with Gasteiger partial charge >= 0.3 is 0 Å². The van der Waals surface area contributed by atoms with Gasteiger partial charge in [-0.1, -0.05) is 55.5 Å². The topological polar surface area (TPSA) is 35.5 Å². The third-order valence-corrected chi connectivity index (χ3v) is 10.4. The summed E-state index contributed by atoms with van der Waals surface area (Å²) in [6, 6.07) is 0. The Morgan fingerprint density at radius 1 is 1.50 bits per heavy atom. The maximum Gasteiger partial charge on any atom is 0.293 e. The van der Waals surface area contributed by atoms with Gasteiger partial charge in [0.05, 0.1) is 6.10 Å². The van der Waals surface area contributed by atoms with Gasteiger partial charge in [0, 0.05) is 10.3 Å². The number of hydrogen-bond donors (Lipinski definition) is 0. The molecule has 0 aromatic heterocycles.